The van der Waals surface area contributed by atoms with Gasteiger partial charge in [0.1, 0.15) is 11.3 Å². The number of nitrogen functional groups attached to an aromatic ring is 1. The maximum absolute atomic E-state index is 6.02. The van der Waals surface area contributed by atoms with Crippen LogP contribution in [-0.4, -0.2) is 21.1 Å². The molecule has 3 rings (SSSR count). The standard InChI is InChI=1S/C14H17N5/c1-9-17-12-13(19(9)8-4-7-15)10-5-2-3-6-11(10)18-14(12)16/h2-3,5-6H,4,7-8,15H2,1H3,(H2,16,18). The zero-order valence-corrected chi connectivity index (χ0v) is 10.9. The molecule has 0 saturated heterocycles. The van der Waals surface area contributed by atoms with E-state index in [1.54, 1.807) is 0 Å². The fourth-order valence-electron chi connectivity index (χ4n) is 2.49. The molecule has 98 valence electrons. The summed E-state index contributed by atoms with van der Waals surface area (Å²) in [5.41, 5.74) is 14.4. The number of anilines is 1. The molecule has 2 heterocycles. The zero-order chi connectivity index (χ0) is 13.4. The van der Waals surface area contributed by atoms with Gasteiger partial charge in [0.15, 0.2) is 5.82 Å². The summed E-state index contributed by atoms with van der Waals surface area (Å²) in [5, 5.41) is 1.09. The highest BCUT2D eigenvalue weighted by atomic mass is 15.1. The maximum Gasteiger partial charge on any atom is 0.152 e. The molecule has 0 atom stereocenters. The number of hydrogen-bond acceptors (Lipinski definition) is 4. The number of aryl methyl sites for hydroxylation is 2. The van der Waals surface area contributed by atoms with Crippen molar-refractivity contribution in [3.8, 4) is 0 Å². The van der Waals surface area contributed by atoms with E-state index >= 15 is 0 Å². The lowest BCUT2D eigenvalue weighted by Crippen LogP contribution is -2.07. The molecule has 2 aromatic heterocycles. The molecule has 0 aliphatic rings. The van der Waals surface area contributed by atoms with E-state index in [9.17, 15) is 0 Å². The molecular formula is C14H17N5. The second kappa shape index (κ2) is 4.51. The monoisotopic (exact) mass is 255 g/mol. The summed E-state index contributed by atoms with van der Waals surface area (Å²) >= 11 is 0. The van der Waals surface area contributed by atoms with Gasteiger partial charge in [-0.15, -0.1) is 0 Å². The van der Waals surface area contributed by atoms with Crippen LogP contribution in [0.1, 0.15) is 12.2 Å². The molecular weight excluding hydrogens is 238 g/mol. The molecule has 0 saturated carbocycles. The molecule has 3 aromatic rings. The van der Waals surface area contributed by atoms with Gasteiger partial charge in [0.25, 0.3) is 0 Å². The van der Waals surface area contributed by atoms with Crippen LogP contribution in [0.15, 0.2) is 24.3 Å². The smallest absolute Gasteiger partial charge is 0.152 e. The summed E-state index contributed by atoms with van der Waals surface area (Å²) in [6, 6.07) is 8.01. The molecule has 0 radical (unpaired) electrons. The first kappa shape index (κ1) is 11.9. The Balaban J connectivity index is 2.39. The Bertz CT molecular complexity index is 744. The largest absolute Gasteiger partial charge is 0.382 e. The first-order chi connectivity index (χ1) is 9.22. The third-order valence-corrected chi connectivity index (χ3v) is 3.39. The SMILES string of the molecule is Cc1nc2c(N)nc3ccccc3c2n1CCCN. The van der Waals surface area contributed by atoms with Crippen LogP contribution in [0, 0.1) is 6.92 Å². The summed E-state index contributed by atoms with van der Waals surface area (Å²) in [6.45, 7) is 3.51. The second-order valence-corrected chi connectivity index (χ2v) is 4.66. The van der Waals surface area contributed by atoms with Crippen LogP contribution in [0.25, 0.3) is 21.9 Å². The van der Waals surface area contributed by atoms with Crippen LogP contribution in [0.2, 0.25) is 0 Å². The number of imidazole rings is 1. The van der Waals surface area contributed by atoms with Gasteiger partial charge in [-0.2, -0.15) is 0 Å². The Labute approximate surface area is 111 Å². The normalized spacial score (nSPS) is 11.5. The van der Waals surface area contributed by atoms with E-state index in [2.05, 4.69) is 20.6 Å². The average molecular weight is 255 g/mol. The minimum Gasteiger partial charge on any atom is -0.382 e. The molecule has 0 bridgehead atoms. The highest BCUT2D eigenvalue weighted by molar-refractivity contribution is 6.06. The lowest BCUT2D eigenvalue weighted by atomic mass is 10.2. The van der Waals surface area contributed by atoms with Crippen molar-refractivity contribution in [2.75, 3.05) is 12.3 Å². The van der Waals surface area contributed by atoms with Gasteiger partial charge in [-0.05, 0) is 26.0 Å². The topological polar surface area (TPSA) is 82.8 Å². The van der Waals surface area contributed by atoms with E-state index in [0.29, 0.717) is 12.4 Å². The molecule has 1 aromatic carbocycles. The number of para-hydroxylation sites is 1. The van der Waals surface area contributed by atoms with Crippen molar-refractivity contribution in [3.63, 3.8) is 0 Å². The van der Waals surface area contributed by atoms with E-state index in [-0.39, 0.29) is 0 Å². The molecule has 0 aliphatic heterocycles. The molecule has 0 fully saturated rings. The first-order valence-electron chi connectivity index (χ1n) is 6.43. The van der Waals surface area contributed by atoms with Crippen LogP contribution in [0.3, 0.4) is 0 Å². The fraction of sp³-hybridized carbons (Fsp3) is 0.286. The third-order valence-electron chi connectivity index (χ3n) is 3.39. The van der Waals surface area contributed by atoms with Crippen molar-refractivity contribution in [2.45, 2.75) is 19.9 Å². The third kappa shape index (κ3) is 1.82. The number of pyridine rings is 1. The second-order valence-electron chi connectivity index (χ2n) is 4.66. The number of fused-ring (bicyclic) bond motifs is 3. The predicted octanol–water partition coefficient (Wildman–Crippen LogP) is 1.82. The lowest BCUT2D eigenvalue weighted by molar-refractivity contribution is 0.650. The highest BCUT2D eigenvalue weighted by Gasteiger charge is 2.14. The minimum atomic E-state index is 0.489. The van der Waals surface area contributed by atoms with Crippen LogP contribution < -0.4 is 11.5 Å². The number of nitrogens with two attached hydrogens (primary N) is 2. The Morgan fingerprint density at radius 2 is 2.00 bits per heavy atom. The number of hydrogen-bond donors (Lipinski definition) is 2. The molecule has 0 aliphatic carbocycles. The van der Waals surface area contributed by atoms with Gasteiger partial charge in [0, 0.05) is 11.9 Å². The Hall–Kier alpha value is -2.14. The van der Waals surface area contributed by atoms with Gasteiger partial charge < -0.3 is 16.0 Å². The van der Waals surface area contributed by atoms with E-state index in [1.165, 1.54) is 0 Å². The Kier molecular flexibility index (Phi) is 2.83. The summed E-state index contributed by atoms with van der Waals surface area (Å²) < 4.78 is 2.18. The number of rotatable bonds is 3. The summed E-state index contributed by atoms with van der Waals surface area (Å²) in [4.78, 5) is 8.97. The summed E-state index contributed by atoms with van der Waals surface area (Å²) in [7, 11) is 0. The van der Waals surface area contributed by atoms with Crippen molar-refractivity contribution >= 4 is 27.8 Å². The van der Waals surface area contributed by atoms with Crippen LogP contribution in [0.4, 0.5) is 5.82 Å². The number of aromatic nitrogens is 3. The average Bonchev–Trinajstić information content (AvgIpc) is 2.74. The van der Waals surface area contributed by atoms with Gasteiger partial charge in [-0.3, -0.25) is 0 Å². The first-order valence-corrected chi connectivity index (χ1v) is 6.43. The number of nitrogens with zero attached hydrogens (tertiary/aromatic N) is 3. The van der Waals surface area contributed by atoms with E-state index in [1.807, 2.05) is 25.1 Å². The van der Waals surface area contributed by atoms with Crippen molar-refractivity contribution < 1.29 is 0 Å². The number of benzene rings is 1. The van der Waals surface area contributed by atoms with Gasteiger partial charge in [-0.25, -0.2) is 9.97 Å². The fourth-order valence-corrected chi connectivity index (χ4v) is 2.49. The van der Waals surface area contributed by atoms with Gasteiger partial charge >= 0.3 is 0 Å². The van der Waals surface area contributed by atoms with Crippen molar-refractivity contribution in [1.29, 1.82) is 0 Å². The van der Waals surface area contributed by atoms with Crippen LogP contribution >= 0.6 is 0 Å². The predicted molar refractivity (Wildman–Crippen MR) is 77.9 cm³/mol. The van der Waals surface area contributed by atoms with E-state index < -0.39 is 0 Å². The van der Waals surface area contributed by atoms with Crippen molar-refractivity contribution in [1.82, 2.24) is 14.5 Å². The maximum atomic E-state index is 6.02. The van der Waals surface area contributed by atoms with Crippen LogP contribution in [-0.2, 0) is 6.54 Å². The van der Waals surface area contributed by atoms with Gasteiger partial charge in [0.05, 0.1) is 11.0 Å². The summed E-state index contributed by atoms with van der Waals surface area (Å²) in [5.74, 6) is 1.44. The molecule has 0 spiro atoms. The van der Waals surface area contributed by atoms with Crippen molar-refractivity contribution in [2.24, 2.45) is 5.73 Å². The molecule has 5 heteroatoms. The van der Waals surface area contributed by atoms with Gasteiger partial charge in [0.2, 0.25) is 0 Å². The van der Waals surface area contributed by atoms with Crippen molar-refractivity contribution in [3.05, 3.63) is 30.1 Å². The quantitative estimate of drug-likeness (QED) is 0.748. The van der Waals surface area contributed by atoms with E-state index in [4.69, 9.17) is 11.5 Å². The van der Waals surface area contributed by atoms with E-state index in [0.717, 1.165) is 40.7 Å². The Morgan fingerprint density at radius 3 is 2.79 bits per heavy atom. The molecule has 19 heavy (non-hydrogen) atoms. The minimum absolute atomic E-state index is 0.489. The Morgan fingerprint density at radius 1 is 1.21 bits per heavy atom. The van der Waals surface area contributed by atoms with Gasteiger partial charge in [-0.1, -0.05) is 18.2 Å². The highest BCUT2D eigenvalue weighted by Crippen LogP contribution is 2.28. The molecule has 4 N–H and O–H groups in total. The lowest BCUT2D eigenvalue weighted by Gasteiger charge is -2.08. The molecule has 0 unspecified atom stereocenters. The molecule has 5 nitrogen and oxygen atoms in total. The zero-order valence-electron chi connectivity index (χ0n) is 10.9. The van der Waals surface area contributed by atoms with Crippen LogP contribution in [0.5, 0.6) is 0 Å². The molecule has 0 amide bonds. The summed E-state index contributed by atoms with van der Waals surface area (Å²) in [6.07, 6.45) is 0.919.